The Morgan fingerprint density at radius 3 is 2.92 bits per heavy atom. The van der Waals surface area contributed by atoms with Crippen molar-refractivity contribution in [1.29, 1.82) is 0 Å². The number of hydrogen-bond acceptors (Lipinski definition) is 4. The molecule has 12 heavy (non-hydrogen) atoms. The normalized spacial score (nSPS) is 15.6. The van der Waals surface area contributed by atoms with Crippen LogP contribution in [0.15, 0.2) is 6.20 Å². The molecule has 1 unspecified atom stereocenters. The molecule has 0 aliphatic rings. The lowest BCUT2D eigenvalue weighted by atomic mass is 10.0. The molecule has 66 valence electrons. The van der Waals surface area contributed by atoms with Crippen LogP contribution < -0.4 is 0 Å². The second-order valence-corrected chi connectivity index (χ2v) is 2.86. The fourth-order valence-corrected chi connectivity index (χ4v) is 0.859. The first kappa shape index (κ1) is 8.86. The van der Waals surface area contributed by atoms with Gasteiger partial charge in [0.25, 0.3) is 0 Å². The van der Waals surface area contributed by atoms with Crippen LogP contribution in [-0.4, -0.2) is 26.4 Å². The van der Waals surface area contributed by atoms with E-state index >= 15 is 0 Å². The Hall–Kier alpha value is -1.23. The number of carbonyl (C=O) groups is 1. The van der Waals surface area contributed by atoms with Crippen molar-refractivity contribution in [3.8, 4) is 0 Å². The van der Waals surface area contributed by atoms with Crippen LogP contribution >= 0.6 is 0 Å². The van der Waals surface area contributed by atoms with Crippen molar-refractivity contribution in [2.75, 3.05) is 0 Å². The van der Waals surface area contributed by atoms with Crippen LogP contribution in [0.4, 0.5) is 0 Å². The van der Waals surface area contributed by atoms with E-state index in [9.17, 15) is 9.90 Å². The van der Waals surface area contributed by atoms with Crippen molar-refractivity contribution in [1.82, 2.24) is 15.0 Å². The van der Waals surface area contributed by atoms with E-state index in [1.807, 2.05) is 0 Å². The minimum atomic E-state index is -1.20. The molecule has 1 aromatic heterocycles. The maximum absolute atomic E-state index is 10.2. The number of rotatable bonds is 3. The van der Waals surface area contributed by atoms with Gasteiger partial charge in [-0.1, -0.05) is 0 Å². The molecule has 1 heterocycles. The minimum absolute atomic E-state index is 0.0334. The zero-order chi connectivity index (χ0) is 9.19. The summed E-state index contributed by atoms with van der Waals surface area (Å²) < 4.78 is 0. The van der Waals surface area contributed by atoms with Crippen LogP contribution in [0.2, 0.25) is 0 Å². The molecule has 1 rings (SSSR count). The summed E-state index contributed by atoms with van der Waals surface area (Å²) in [6, 6.07) is 0. The number of hydrogen-bond donors (Lipinski definition) is 1. The highest BCUT2D eigenvalue weighted by Crippen LogP contribution is 2.19. The van der Waals surface area contributed by atoms with Crippen LogP contribution in [0.1, 0.15) is 19.0 Å². The van der Waals surface area contributed by atoms with Crippen molar-refractivity contribution in [3.05, 3.63) is 11.9 Å². The summed E-state index contributed by atoms with van der Waals surface area (Å²) in [6.07, 6.45) is 2.14. The molecule has 1 N–H and O–H groups in total. The largest absolute Gasteiger partial charge is 0.383 e. The first-order valence-corrected chi connectivity index (χ1v) is 3.59. The molecule has 5 heteroatoms. The molecule has 0 spiro atoms. The molecule has 0 fully saturated rings. The van der Waals surface area contributed by atoms with Gasteiger partial charge < -0.3 is 9.90 Å². The summed E-state index contributed by atoms with van der Waals surface area (Å²) in [5, 5.41) is 17.3. The van der Waals surface area contributed by atoms with Gasteiger partial charge in [-0.15, -0.1) is 0 Å². The van der Waals surface area contributed by atoms with E-state index < -0.39 is 5.60 Å². The molecule has 0 aliphatic carbocycles. The number of aromatic nitrogens is 3. The zero-order valence-corrected chi connectivity index (χ0v) is 7.06. The van der Waals surface area contributed by atoms with Gasteiger partial charge in [0.2, 0.25) is 0 Å². The predicted molar refractivity (Wildman–Crippen MR) is 41.3 cm³/mol. The molecule has 5 nitrogen and oxygen atoms in total. The van der Waals surface area contributed by atoms with Gasteiger partial charge in [0.05, 0.1) is 6.20 Å². The van der Waals surface area contributed by atoms with Crippen molar-refractivity contribution in [2.45, 2.75) is 18.9 Å². The SMILES string of the molecule is Cn1ncc(C(C)(O)CC=O)n1. The molecular formula is C7H11N3O2. The first-order valence-electron chi connectivity index (χ1n) is 3.59. The third-order valence-electron chi connectivity index (χ3n) is 1.63. The molecule has 1 atom stereocenters. The fourth-order valence-electron chi connectivity index (χ4n) is 0.859. The maximum atomic E-state index is 10.2. The van der Waals surface area contributed by atoms with E-state index in [2.05, 4.69) is 10.2 Å². The van der Waals surface area contributed by atoms with Gasteiger partial charge in [0, 0.05) is 13.5 Å². The standard InChI is InChI=1S/C7H11N3O2/c1-7(12,3-4-11)6-5-8-10(2)9-6/h4-5,12H,3H2,1-2H3. The molecule has 0 bridgehead atoms. The van der Waals surface area contributed by atoms with Crippen molar-refractivity contribution >= 4 is 6.29 Å². The minimum Gasteiger partial charge on any atom is -0.383 e. The second kappa shape index (κ2) is 3.02. The molecule has 1 aromatic rings. The summed E-state index contributed by atoms with van der Waals surface area (Å²) in [5.74, 6) is 0. The van der Waals surface area contributed by atoms with E-state index in [-0.39, 0.29) is 6.42 Å². The van der Waals surface area contributed by atoms with Crippen molar-refractivity contribution < 1.29 is 9.90 Å². The Balaban J connectivity index is 2.88. The Bertz CT molecular complexity index is 280. The van der Waals surface area contributed by atoms with Gasteiger partial charge in [-0.25, -0.2) is 0 Å². The van der Waals surface area contributed by atoms with Crippen molar-refractivity contribution in [3.63, 3.8) is 0 Å². The summed E-state index contributed by atoms with van der Waals surface area (Å²) in [7, 11) is 1.65. The predicted octanol–water partition coefficient (Wildman–Crippen LogP) is -0.388. The molecule has 0 saturated heterocycles. The van der Waals surface area contributed by atoms with Crippen LogP contribution in [0.25, 0.3) is 0 Å². The van der Waals surface area contributed by atoms with E-state index in [4.69, 9.17) is 0 Å². The summed E-state index contributed by atoms with van der Waals surface area (Å²) >= 11 is 0. The monoisotopic (exact) mass is 169 g/mol. The summed E-state index contributed by atoms with van der Waals surface area (Å²) in [4.78, 5) is 11.5. The summed E-state index contributed by atoms with van der Waals surface area (Å²) in [6.45, 7) is 1.53. The van der Waals surface area contributed by atoms with Crippen LogP contribution in [0, 0.1) is 0 Å². The third kappa shape index (κ3) is 1.68. The topological polar surface area (TPSA) is 68.0 Å². The first-order chi connectivity index (χ1) is 5.56. The number of aliphatic hydroxyl groups is 1. The van der Waals surface area contributed by atoms with Gasteiger partial charge >= 0.3 is 0 Å². The highest BCUT2D eigenvalue weighted by atomic mass is 16.3. The Morgan fingerprint density at radius 2 is 2.50 bits per heavy atom. The van der Waals surface area contributed by atoms with Gasteiger partial charge in [0.15, 0.2) is 0 Å². The molecule has 0 amide bonds. The number of aldehydes is 1. The Morgan fingerprint density at radius 1 is 1.83 bits per heavy atom. The fraction of sp³-hybridized carbons (Fsp3) is 0.571. The Labute approximate surface area is 70.0 Å². The van der Waals surface area contributed by atoms with Crippen molar-refractivity contribution in [2.24, 2.45) is 7.05 Å². The number of nitrogens with zero attached hydrogens (tertiary/aromatic N) is 3. The number of carbonyl (C=O) groups excluding carboxylic acids is 1. The third-order valence-corrected chi connectivity index (χ3v) is 1.63. The molecule has 0 radical (unpaired) electrons. The molecule has 0 saturated carbocycles. The average Bonchev–Trinajstić information content (AvgIpc) is 2.36. The van der Waals surface area contributed by atoms with Gasteiger partial charge in [0.1, 0.15) is 17.6 Å². The van der Waals surface area contributed by atoms with Crippen LogP contribution in [-0.2, 0) is 17.4 Å². The highest BCUT2D eigenvalue weighted by Gasteiger charge is 2.25. The molecule has 0 aromatic carbocycles. The summed E-state index contributed by atoms with van der Waals surface area (Å²) in [5.41, 5.74) is -0.784. The lowest BCUT2D eigenvalue weighted by Crippen LogP contribution is -2.22. The van der Waals surface area contributed by atoms with E-state index in [1.54, 1.807) is 7.05 Å². The smallest absolute Gasteiger partial charge is 0.123 e. The quantitative estimate of drug-likeness (QED) is 0.626. The Kier molecular flexibility index (Phi) is 2.23. The second-order valence-electron chi connectivity index (χ2n) is 2.86. The molecule has 0 aliphatic heterocycles. The van der Waals surface area contributed by atoms with Crippen LogP contribution in [0.5, 0.6) is 0 Å². The zero-order valence-electron chi connectivity index (χ0n) is 7.06. The van der Waals surface area contributed by atoms with E-state index in [0.717, 1.165) is 0 Å². The van der Waals surface area contributed by atoms with E-state index in [0.29, 0.717) is 12.0 Å². The van der Waals surface area contributed by atoms with Gasteiger partial charge in [-0.3, -0.25) is 0 Å². The highest BCUT2D eigenvalue weighted by molar-refractivity contribution is 5.51. The lowest BCUT2D eigenvalue weighted by Gasteiger charge is -2.16. The van der Waals surface area contributed by atoms with Gasteiger partial charge in [-0.05, 0) is 6.92 Å². The average molecular weight is 169 g/mol. The van der Waals surface area contributed by atoms with E-state index in [1.165, 1.54) is 17.9 Å². The van der Waals surface area contributed by atoms with Crippen LogP contribution in [0.3, 0.4) is 0 Å². The molecular weight excluding hydrogens is 158 g/mol. The lowest BCUT2D eigenvalue weighted by molar-refractivity contribution is -0.112. The maximum Gasteiger partial charge on any atom is 0.123 e. The van der Waals surface area contributed by atoms with Gasteiger partial charge in [-0.2, -0.15) is 15.0 Å². The number of aryl methyl sites for hydroxylation is 1.